The SMILES string of the molecule is CC(C)(C)N1CCC(C2(N3CCN(C(C)(C)C)CC3)CC2)CC1. The van der Waals surface area contributed by atoms with E-state index in [4.69, 9.17) is 0 Å². The number of nitrogens with zero attached hydrogens (tertiary/aromatic N) is 3. The third-order valence-corrected chi connectivity index (χ3v) is 6.82. The minimum atomic E-state index is 0.334. The Morgan fingerprint density at radius 3 is 1.48 bits per heavy atom. The Labute approximate surface area is 144 Å². The topological polar surface area (TPSA) is 9.72 Å². The van der Waals surface area contributed by atoms with Crippen LogP contribution >= 0.6 is 0 Å². The van der Waals surface area contributed by atoms with Crippen LogP contribution in [-0.4, -0.2) is 70.6 Å². The molecular formula is C20H39N3. The Morgan fingerprint density at radius 1 is 0.652 bits per heavy atom. The lowest BCUT2D eigenvalue weighted by Crippen LogP contribution is -2.59. The van der Waals surface area contributed by atoms with Crippen molar-refractivity contribution in [3.8, 4) is 0 Å². The summed E-state index contributed by atoms with van der Waals surface area (Å²) < 4.78 is 0. The average molecular weight is 322 g/mol. The molecule has 0 amide bonds. The van der Waals surface area contributed by atoms with Crippen molar-refractivity contribution in [2.75, 3.05) is 39.3 Å². The van der Waals surface area contributed by atoms with E-state index in [2.05, 4.69) is 56.2 Å². The molecule has 2 aliphatic heterocycles. The van der Waals surface area contributed by atoms with Crippen molar-refractivity contribution in [1.29, 1.82) is 0 Å². The molecule has 1 saturated carbocycles. The lowest BCUT2D eigenvalue weighted by Gasteiger charge is -2.49. The summed E-state index contributed by atoms with van der Waals surface area (Å²) in [4.78, 5) is 8.24. The monoisotopic (exact) mass is 321 g/mol. The molecule has 3 fully saturated rings. The summed E-state index contributed by atoms with van der Waals surface area (Å²) in [7, 11) is 0. The van der Waals surface area contributed by atoms with Gasteiger partial charge < -0.3 is 0 Å². The quantitative estimate of drug-likeness (QED) is 0.771. The predicted molar refractivity (Wildman–Crippen MR) is 98.9 cm³/mol. The summed E-state index contributed by atoms with van der Waals surface area (Å²) in [5.41, 5.74) is 1.27. The van der Waals surface area contributed by atoms with E-state index < -0.39 is 0 Å². The molecule has 3 nitrogen and oxygen atoms in total. The van der Waals surface area contributed by atoms with Crippen molar-refractivity contribution in [1.82, 2.24) is 14.7 Å². The number of likely N-dealkylation sites (tertiary alicyclic amines) is 1. The van der Waals surface area contributed by atoms with Gasteiger partial charge in [-0.25, -0.2) is 0 Å². The van der Waals surface area contributed by atoms with E-state index in [0.717, 1.165) is 5.92 Å². The van der Waals surface area contributed by atoms with Gasteiger partial charge in [-0.1, -0.05) is 0 Å². The van der Waals surface area contributed by atoms with E-state index in [0.29, 0.717) is 16.6 Å². The second-order valence-corrected chi connectivity index (χ2v) is 10.2. The number of hydrogen-bond donors (Lipinski definition) is 0. The molecule has 2 saturated heterocycles. The van der Waals surface area contributed by atoms with Crippen molar-refractivity contribution >= 4 is 0 Å². The maximum absolute atomic E-state index is 2.88. The van der Waals surface area contributed by atoms with E-state index in [1.807, 2.05) is 0 Å². The Hall–Kier alpha value is -0.120. The molecule has 0 aromatic rings. The number of piperidine rings is 1. The van der Waals surface area contributed by atoms with E-state index in [9.17, 15) is 0 Å². The van der Waals surface area contributed by atoms with Gasteiger partial charge in [-0.15, -0.1) is 0 Å². The van der Waals surface area contributed by atoms with Crippen LogP contribution in [0.4, 0.5) is 0 Å². The molecule has 2 heterocycles. The van der Waals surface area contributed by atoms with Gasteiger partial charge in [0.25, 0.3) is 0 Å². The maximum atomic E-state index is 2.88. The number of hydrogen-bond acceptors (Lipinski definition) is 3. The zero-order chi connectivity index (χ0) is 16.9. The van der Waals surface area contributed by atoms with Crippen LogP contribution in [0.15, 0.2) is 0 Å². The molecule has 0 radical (unpaired) electrons. The minimum Gasteiger partial charge on any atom is -0.298 e. The van der Waals surface area contributed by atoms with Crippen LogP contribution in [0.3, 0.4) is 0 Å². The molecule has 0 atom stereocenters. The molecule has 1 aliphatic carbocycles. The fourth-order valence-electron chi connectivity index (χ4n) is 5.02. The third-order valence-electron chi connectivity index (χ3n) is 6.82. The lowest BCUT2D eigenvalue weighted by molar-refractivity contribution is -0.00463. The summed E-state index contributed by atoms with van der Waals surface area (Å²) in [6, 6.07) is 0. The fraction of sp³-hybridized carbons (Fsp3) is 1.00. The first-order valence-electron chi connectivity index (χ1n) is 9.88. The van der Waals surface area contributed by atoms with Crippen LogP contribution in [0.2, 0.25) is 0 Å². The van der Waals surface area contributed by atoms with Crippen molar-refractivity contribution in [2.24, 2.45) is 5.92 Å². The summed E-state index contributed by atoms with van der Waals surface area (Å²) >= 11 is 0. The molecule has 0 spiro atoms. The van der Waals surface area contributed by atoms with Gasteiger partial charge in [0, 0.05) is 42.8 Å². The van der Waals surface area contributed by atoms with E-state index in [-0.39, 0.29) is 0 Å². The first-order valence-corrected chi connectivity index (χ1v) is 9.88. The van der Waals surface area contributed by atoms with E-state index in [1.165, 1.54) is 65.0 Å². The maximum Gasteiger partial charge on any atom is 0.0241 e. The van der Waals surface area contributed by atoms with Crippen LogP contribution in [-0.2, 0) is 0 Å². The Kier molecular flexibility index (Phi) is 4.61. The van der Waals surface area contributed by atoms with Crippen molar-refractivity contribution in [3.63, 3.8) is 0 Å². The Morgan fingerprint density at radius 2 is 1.09 bits per heavy atom. The highest BCUT2D eigenvalue weighted by Gasteiger charge is 2.54. The second-order valence-electron chi connectivity index (χ2n) is 10.2. The highest BCUT2D eigenvalue weighted by atomic mass is 15.3. The number of piperazine rings is 1. The highest BCUT2D eigenvalue weighted by Crippen LogP contribution is 2.52. The average Bonchev–Trinajstić information content (AvgIpc) is 3.27. The first-order chi connectivity index (χ1) is 10.6. The molecule has 0 aromatic heterocycles. The normalized spacial score (nSPS) is 29.0. The third kappa shape index (κ3) is 3.62. The van der Waals surface area contributed by atoms with Crippen molar-refractivity contribution < 1.29 is 0 Å². The van der Waals surface area contributed by atoms with Gasteiger partial charge in [-0.3, -0.25) is 14.7 Å². The van der Waals surface area contributed by atoms with Crippen LogP contribution in [0.5, 0.6) is 0 Å². The Balaban J connectivity index is 1.55. The van der Waals surface area contributed by atoms with E-state index in [1.54, 1.807) is 0 Å². The van der Waals surface area contributed by atoms with Gasteiger partial charge in [0.05, 0.1) is 0 Å². The lowest BCUT2D eigenvalue weighted by atomic mass is 9.84. The Bertz CT molecular complexity index is 362. The molecule has 23 heavy (non-hydrogen) atoms. The van der Waals surface area contributed by atoms with Crippen molar-refractivity contribution in [2.45, 2.75) is 83.8 Å². The molecule has 0 unspecified atom stereocenters. The largest absolute Gasteiger partial charge is 0.298 e. The van der Waals surface area contributed by atoms with Crippen LogP contribution in [0.25, 0.3) is 0 Å². The van der Waals surface area contributed by atoms with Crippen LogP contribution < -0.4 is 0 Å². The number of rotatable bonds is 2. The van der Waals surface area contributed by atoms with Crippen LogP contribution in [0.1, 0.15) is 67.2 Å². The van der Waals surface area contributed by atoms with Crippen LogP contribution in [0, 0.1) is 5.92 Å². The zero-order valence-electron chi connectivity index (χ0n) is 16.5. The molecule has 3 aliphatic rings. The predicted octanol–water partition coefficient (Wildman–Crippen LogP) is 3.45. The van der Waals surface area contributed by atoms with Gasteiger partial charge >= 0.3 is 0 Å². The molecule has 0 bridgehead atoms. The molecule has 0 N–H and O–H groups in total. The second kappa shape index (κ2) is 6.00. The molecule has 3 heteroatoms. The standard InChI is InChI=1S/C20H39N3/c1-18(2,3)21-11-7-17(8-12-21)20(9-10-20)23-15-13-22(14-16-23)19(4,5)6/h17H,7-16H2,1-6H3. The summed E-state index contributed by atoms with van der Waals surface area (Å²) in [5, 5.41) is 0. The van der Waals surface area contributed by atoms with Gasteiger partial charge in [0.2, 0.25) is 0 Å². The first kappa shape index (κ1) is 17.7. The van der Waals surface area contributed by atoms with Gasteiger partial charge in [-0.2, -0.15) is 0 Å². The minimum absolute atomic E-state index is 0.334. The van der Waals surface area contributed by atoms with E-state index >= 15 is 0 Å². The summed E-state index contributed by atoms with van der Waals surface area (Å²) in [5.74, 6) is 0.947. The highest BCUT2D eigenvalue weighted by molar-refractivity contribution is 5.10. The molecule has 3 rings (SSSR count). The molecule has 0 aromatic carbocycles. The van der Waals surface area contributed by atoms with Gasteiger partial charge in [0.1, 0.15) is 0 Å². The van der Waals surface area contributed by atoms with Crippen molar-refractivity contribution in [3.05, 3.63) is 0 Å². The molecule has 134 valence electrons. The summed E-state index contributed by atoms with van der Waals surface area (Å²) in [6.45, 7) is 21.9. The summed E-state index contributed by atoms with van der Waals surface area (Å²) in [6.07, 6.45) is 5.75. The van der Waals surface area contributed by atoms with Gasteiger partial charge in [-0.05, 0) is 86.2 Å². The smallest absolute Gasteiger partial charge is 0.0241 e. The van der Waals surface area contributed by atoms with Gasteiger partial charge in [0.15, 0.2) is 0 Å². The fourth-order valence-corrected chi connectivity index (χ4v) is 5.02. The molecular weight excluding hydrogens is 282 g/mol. The zero-order valence-corrected chi connectivity index (χ0v) is 16.5.